The summed E-state index contributed by atoms with van der Waals surface area (Å²) in [6.45, 7) is 14.9. The van der Waals surface area contributed by atoms with Crippen molar-refractivity contribution in [1.82, 2.24) is 9.80 Å². The lowest BCUT2D eigenvalue weighted by molar-refractivity contribution is -0.138. The SMILES string of the molecule is CC1=CC(=O)CC(C)(C)C1.CCN1C(=O)C=CC1=O.CCN1C(=O)C=CC1=O.CCOC(N)=O.CCOC(N)=O. The maximum Gasteiger partial charge on any atom is 0.404 e. The molecule has 224 valence electrons. The molecule has 0 bridgehead atoms. The number of amides is 6. The van der Waals surface area contributed by atoms with E-state index in [1.807, 2.05) is 6.92 Å². The first-order valence-corrected chi connectivity index (χ1v) is 12.7. The highest BCUT2D eigenvalue weighted by Gasteiger charge is 2.25. The number of ketones is 1. The lowest BCUT2D eigenvalue weighted by Gasteiger charge is -2.27. The summed E-state index contributed by atoms with van der Waals surface area (Å²) in [6, 6.07) is 0. The third-order valence-electron chi connectivity index (χ3n) is 4.82. The molecule has 13 nitrogen and oxygen atoms in total. The van der Waals surface area contributed by atoms with E-state index in [-0.39, 0.29) is 34.8 Å². The van der Waals surface area contributed by atoms with Crippen LogP contribution in [0.1, 0.15) is 61.3 Å². The maximum atomic E-state index is 11.0. The van der Waals surface area contributed by atoms with Crippen LogP contribution in [0.4, 0.5) is 9.59 Å². The van der Waals surface area contributed by atoms with Gasteiger partial charge in [-0.05, 0) is 52.5 Å². The van der Waals surface area contributed by atoms with Crippen LogP contribution in [0.15, 0.2) is 36.0 Å². The number of hydrogen-bond donors (Lipinski definition) is 2. The van der Waals surface area contributed by atoms with Gasteiger partial charge in [-0.2, -0.15) is 0 Å². The number of allylic oxidation sites excluding steroid dienone is 2. The fraction of sp³-hybridized carbons (Fsp3) is 0.519. The van der Waals surface area contributed by atoms with E-state index in [1.54, 1.807) is 33.8 Å². The summed E-state index contributed by atoms with van der Waals surface area (Å²) in [5.74, 6) is -0.538. The van der Waals surface area contributed by atoms with Gasteiger partial charge in [0.25, 0.3) is 23.6 Å². The minimum Gasteiger partial charge on any atom is -0.450 e. The van der Waals surface area contributed by atoms with E-state index in [9.17, 15) is 33.6 Å². The van der Waals surface area contributed by atoms with Gasteiger partial charge in [-0.3, -0.25) is 33.8 Å². The fourth-order valence-corrected chi connectivity index (χ4v) is 3.44. The summed E-state index contributed by atoms with van der Waals surface area (Å²) in [4.78, 5) is 75.1. The lowest BCUT2D eigenvalue weighted by atomic mass is 9.77. The van der Waals surface area contributed by atoms with Crippen LogP contribution in [0.2, 0.25) is 0 Å². The summed E-state index contributed by atoms with van der Waals surface area (Å²) < 4.78 is 8.36. The smallest absolute Gasteiger partial charge is 0.404 e. The van der Waals surface area contributed by atoms with Gasteiger partial charge < -0.3 is 20.9 Å². The molecule has 1 aliphatic carbocycles. The standard InChI is InChI=1S/C9H14O.2C6H7NO2.2C3H7NO2/c1-7-4-8(10)6-9(2,3)5-7;2*1-2-7-5(8)3-4-6(7)9;2*1-2-6-3(4)5/h4H,5-6H2,1-3H3;2*3-4H,2H2,1H3;2*2H2,1H3,(H2,4,5). The molecule has 0 fully saturated rings. The summed E-state index contributed by atoms with van der Waals surface area (Å²) in [5, 5.41) is 0. The van der Waals surface area contributed by atoms with Crippen LogP contribution in [-0.2, 0) is 33.4 Å². The van der Waals surface area contributed by atoms with Gasteiger partial charge in [0.05, 0.1) is 13.2 Å². The molecule has 40 heavy (non-hydrogen) atoms. The molecule has 3 aliphatic rings. The Bertz CT molecular complexity index is 919. The topological polar surface area (TPSA) is 196 Å². The Morgan fingerprint density at radius 1 is 0.725 bits per heavy atom. The first-order chi connectivity index (χ1) is 18.5. The Morgan fingerprint density at radius 2 is 1.05 bits per heavy atom. The normalized spacial score (nSPS) is 16.3. The van der Waals surface area contributed by atoms with Crippen molar-refractivity contribution in [3.8, 4) is 0 Å². The van der Waals surface area contributed by atoms with Crippen molar-refractivity contribution in [1.29, 1.82) is 0 Å². The van der Waals surface area contributed by atoms with Gasteiger partial charge in [0, 0.05) is 43.8 Å². The van der Waals surface area contributed by atoms with Gasteiger partial charge in [-0.15, -0.1) is 0 Å². The number of likely N-dealkylation sites (N-methyl/N-ethyl adjacent to an activating group) is 2. The fourth-order valence-electron chi connectivity index (χ4n) is 3.44. The molecule has 2 heterocycles. The minimum absolute atomic E-state index is 0.204. The number of nitrogens with two attached hydrogens (primary N) is 2. The Morgan fingerprint density at radius 3 is 1.20 bits per heavy atom. The predicted molar refractivity (Wildman–Crippen MR) is 147 cm³/mol. The largest absolute Gasteiger partial charge is 0.450 e. The molecule has 0 aromatic rings. The molecule has 0 spiro atoms. The molecule has 0 aromatic carbocycles. The highest BCUT2D eigenvalue weighted by molar-refractivity contribution is 6.13. The highest BCUT2D eigenvalue weighted by Crippen LogP contribution is 2.32. The van der Waals surface area contributed by atoms with Gasteiger partial charge in [0.15, 0.2) is 5.78 Å². The van der Waals surface area contributed by atoms with E-state index in [4.69, 9.17) is 0 Å². The third-order valence-corrected chi connectivity index (χ3v) is 4.82. The van der Waals surface area contributed by atoms with E-state index in [0.29, 0.717) is 32.7 Å². The van der Waals surface area contributed by atoms with Crippen LogP contribution in [0.25, 0.3) is 0 Å². The molecule has 4 N–H and O–H groups in total. The monoisotopic (exact) mass is 566 g/mol. The lowest BCUT2D eigenvalue weighted by Crippen LogP contribution is -2.29. The summed E-state index contributed by atoms with van der Waals surface area (Å²) >= 11 is 0. The number of imide groups is 2. The summed E-state index contributed by atoms with van der Waals surface area (Å²) in [6.07, 6.45) is 7.26. The van der Waals surface area contributed by atoms with Gasteiger partial charge in [0.2, 0.25) is 0 Å². The average molecular weight is 567 g/mol. The van der Waals surface area contributed by atoms with Crippen molar-refractivity contribution in [2.45, 2.75) is 61.3 Å². The molecule has 0 radical (unpaired) electrons. The van der Waals surface area contributed by atoms with Crippen molar-refractivity contribution in [2.75, 3.05) is 26.3 Å². The minimum atomic E-state index is -0.711. The molecule has 0 atom stereocenters. The Hall–Kier alpha value is -4.29. The number of carbonyl (C=O) groups excluding carboxylic acids is 7. The van der Waals surface area contributed by atoms with Crippen LogP contribution >= 0.6 is 0 Å². The predicted octanol–water partition coefficient (Wildman–Crippen LogP) is 2.39. The van der Waals surface area contributed by atoms with Crippen LogP contribution < -0.4 is 11.5 Å². The van der Waals surface area contributed by atoms with Crippen LogP contribution in [0.3, 0.4) is 0 Å². The quantitative estimate of drug-likeness (QED) is 0.480. The molecule has 6 amide bonds. The maximum absolute atomic E-state index is 11.0. The number of rotatable bonds is 4. The number of hydrogen-bond acceptors (Lipinski definition) is 9. The third kappa shape index (κ3) is 17.3. The van der Waals surface area contributed by atoms with Crippen LogP contribution in [-0.4, -0.2) is 77.7 Å². The Balaban J connectivity index is 0. The van der Waals surface area contributed by atoms with Crippen molar-refractivity contribution >= 4 is 41.6 Å². The van der Waals surface area contributed by atoms with E-state index in [0.717, 1.165) is 6.42 Å². The highest BCUT2D eigenvalue weighted by atomic mass is 16.5. The summed E-state index contributed by atoms with van der Waals surface area (Å²) in [7, 11) is 0. The molecular weight excluding hydrogens is 524 g/mol. The zero-order valence-corrected chi connectivity index (χ0v) is 24.4. The van der Waals surface area contributed by atoms with Gasteiger partial charge in [-0.25, -0.2) is 9.59 Å². The molecule has 2 aliphatic heterocycles. The zero-order chi connectivity index (χ0) is 31.5. The first-order valence-electron chi connectivity index (χ1n) is 12.7. The Labute approximate surface area is 235 Å². The van der Waals surface area contributed by atoms with E-state index < -0.39 is 12.2 Å². The molecule has 0 unspecified atom stereocenters. The van der Waals surface area contributed by atoms with Crippen LogP contribution in [0.5, 0.6) is 0 Å². The molecule has 3 rings (SSSR count). The first kappa shape index (κ1) is 37.9. The summed E-state index contributed by atoms with van der Waals surface area (Å²) in [5.41, 5.74) is 10.5. The zero-order valence-electron chi connectivity index (χ0n) is 24.4. The Kier molecular flexibility index (Phi) is 18.7. The molecular formula is C27H42N4O9. The molecule has 0 saturated carbocycles. The van der Waals surface area contributed by atoms with Crippen molar-refractivity contribution < 1.29 is 43.0 Å². The van der Waals surface area contributed by atoms with Gasteiger partial charge in [-0.1, -0.05) is 19.4 Å². The van der Waals surface area contributed by atoms with Crippen molar-refractivity contribution in [3.63, 3.8) is 0 Å². The van der Waals surface area contributed by atoms with E-state index in [1.165, 1.54) is 39.7 Å². The van der Waals surface area contributed by atoms with E-state index >= 15 is 0 Å². The second-order valence-corrected chi connectivity index (χ2v) is 8.99. The van der Waals surface area contributed by atoms with Crippen molar-refractivity contribution in [2.24, 2.45) is 16.9 Å². The van der Waals surface area contributed by atoms with Crippen LogP contribution in [0, 0.1) is 5.41 Å². The van der Waals surface area contributed by atoms with E-state index in [2.05, 4.69) is 34.8 Å². The number of primary amides is 2. The number of ether oxygens (including phenoxy) is 2. The average Bonchev–Trinajstić information content (AvgIpc) is 3.32. The number of nitrogens with zero attached hydrogens (tertiary/aromatic N) is 2. The molecule has 13 heteroatoms. The molecule has 0 aromatic heterocycles. The van der Waals surface area contributed by atoms with Crippen molar-refractivity contribution in [3.05, 3.63) is 36.0 Å². The van der Waals surface area contributed by atoms with Gasteiger partial charge >= 0.3 is 12.2 Å². The van der Waals surface area contributed by atoms with Gasteiger partial charge in [0.1, 0.15) is 0 Å². The second-order valence-electron chi connectivity index (χ2n) is 8.99. The second kappa shape index (κ2) is 19.7. The number of carbonyl (C=O) groups is 7. The molecule has 0 saturated heterocycles.